The van der Waals surface area contributed by atoms with Crippen LogP contribution >= 0.6 is 11.8 Å². The predicted molar refractivity (Wildman–Crippen MR) is 102 cm³/mol. The van der Waals surface area contributed by atoms with Crippen molar-refractivity contribution in [2.75, 3.05) is 0 Å². The first-order valence-corrected chi connectivity index (χ1v) is 8.64. The highest BCUT2D eigenvalue weighted by Crippen LogP contribution is 2.29. The summed E-state index contributed by atoms with van der Waals surface area (Å²) in [7, 11) is 0. The van der Waals surface area contributed by atoms with E-state index in [4.69, 9.17) is 0 Å². The van der Waals surface area contributed by atoms with Gasteiger partial charge in [-0.1, -0.05) is 36.0 Å². The summed E-state index contributed by atoms with van der Waals surface area (Å²) in [6.45, 7) is 1.57. The second-order valence-electron chi connectivity index (χ2n) is 5.49. The van der Waals surface area contributed by atoms with E-state index in [9.17, 15) is 9.90 Å². The number of aromatic hydroxyl groups is 1. The Bertz CT molecular complexity index is 900. The lowest BCUT2D eigenvalue weighted by Gasteiger charge is -2.03. The first-order chi connectivity index (χ1) is 12.1. The van der Waals surface area contributed by atoms with Gasteiger partial charge in [-0.25, -0.2) is 0 Å². The van der Waals surface area contributed by atoms with E-state index >= 15 is 0 Å². The largest absolute Gasteiger partial charge is 0.507 e. The molecule has 1 N–H and O–H groups in total. The van der Waals surface area contributed by atoms with Crippen LogP contribution in [0.3, 0.4) is 0 Å². The van der Waals surface area contributed by atoms with Gasteiger partial charge in [0.25, 0.3) is 0 Å². The fourth-order valence-electron chi connectivity index (χ4n) is 2.23. The summed E-state index contributed by atoms with van der Waals surface area (Å²) in [5, 5.41) is 9.73. The highest BCUT2D eigenvalue weighted by molar-refractivity contribution is 7.99. The Kier molecular flexibility index (Phi) is 5.31. The molecule has 124 valence electrons. The molecule has 3 rings (SSSR count). The van der Waals surface area contributed by atoms with Gasteiger partial charge in [-0.2, -0.15) is 0 Å². The summed E-state index contributed by atoms with van der Waals surface area (Å²) in [5.74, 6) is 0.288. The molecule has 0 aliphatic carbocycles. The summed E-state index contributed by atoms with van der Waals surface area (Å²) < 4.78 is 0. The van der Waals surface area contributed by atoms with E-state index in [1.807, 2.05) is 60.7 Å². The number of hydrogen-bond acceptors (Lipinski definition) is 4. The van der Waals surface area contributed by atoms with Crippen LogP contribution in [-0.4, -0.2) is 17.1 Å². The van der Waals surface area contributed by atoms with Crippen LogP contribution in [0.5, 0.6) is 5.75 Å². The van der Waals surface area contributed by atoms with Crippen molar-refractivity contribution in [1.29, 1.82) is 0 Å². The topological polar surface area (TPSA) is 49.7 Å². The van der Waals surface area contributed by atoms with Crippen molar-refractivity contribution in [2.24, 2.45) is 4.99 Å². The van der Waals surface area contributed by atoms with Crippen LogP contribution in [0.2, 0.25) is 0 Å². The Labute approximate surface area is 151 Å². The van der Waals surface area contributed by atoms with Gasteiger partial charge < -0.3 is 5.11 Å². The molecule has 4 heteroatoms. The molecule has 0 heterocycles. The van der Waals surface area contributed by atoms with Crippen LogP contribution in [0, 0.1) is 0 Å². The van der Waals surface area contributed by atoms with Crippen molar-refractivity contribution in [3.63, 3.8) is 0 Å². The molecule has 25 heavy (non-hydrogen) atoms. The Morgan fingerprint density at radius 3 is 2.12 bits per heavy atom. The molecule has 0 unspecified atom stereocenters. The van der Waals surface area contributed by atoms with Crippen LogP contribution in [-0.2, 0) is 0 Å². The van der Waals surface area contributed by atoms with E-state index in [0.717, 1.165) is 21.0 Å². The molecule has 0 aliphatic heterocycles. The number of hydrogen-bond donors (Lipinski definition) is 1. The zero-order chi connectivity index (χ0) is 17.6. The van der Waals surface area contributed by atoms with E-state index in [-0.39, 0.29) is 11.5 Å². The van der Waals surface area contributed by atoms with Crippen LogP contribution in [0.15, 0.2) is 87.6 Å². The van der Waals surface area contributed by atoms with Gasteiger partial charge in [0.2, 0.25) is 0 Å². The molecule has 3 nitrogen and oxygen atoms in total. The van der Waals surface area contributed by atoms with Gasteiger partial charge in [-0.3, -0.25) is 9.79 Å². The summed E-state index contributed by atoms with van der Waals surface area (Å²) in [5.41, 5.74) is 2.23. The third-order valence-corrected chi connectivity index (χ3v) is 4.64. The van der Waals surface area contributed by atoms with E-state index in [0.29, 0.717) is 5.56 Å². The number of aliphatic imine (C=N–C) groups is 1. The third-order valence-electron chi connectivity index (χ3n) is 3.62. The van der Waals surface area contributed by atoms with Gasteiger partial charge >= 0.3 is 0 Å². The Morgan fingerprint density at radius 1 is 0.920 bits per heavy atom. The number of carbonyl (C=O) groups excluding carboxylic acids is 1. The number of nitrogens with zero attached hydrogens (tertiary/aromatic N) is 1. The average Bonchev–Trinajstić information content (AvgIpc) is 2.63. The van der Waals surface area contributed by atoms with Crippen LogP contribution in [0.25, 0.3) is 0 Å². The third kappa shape index (κ3) is 4.58. The molecule has 0 atom stereocenters. The Hall–Kier alpha value is -2.85. The fraction of sp³-hybridized carbons (Fsp3) is 0.0476. The molecule has 0 bridgehead atoms. The lowest BCUT2D eigenvalue weighted by atomic mass is 10.2. The molecular formula is C21H17NO2S. The molecule has 0 aliphatic rings. The molecule has 0 radical (unpaired) electrons. The van der Waals surface area contributed by atoms with Gasteiger partial charge in [0, 0.05) is 27.1 Å². The number of benzene rings is 3. The maximum Gasteiger partial charge on any atom is 0.159 e. The minimum atomic E-state index is 0.0724. The standard InChI is InChI=1S/C21H17NO2S/c1-15(23)16-6-10-19(11-7-16)25-20-12-8-18(9-13-20)22-14-17-4-2-3-5-21(17)24/h2-14,24H,1H3. The summed E-state index contributed by atoms with van der Waals surface area (Å²) in [6, 6.07) is 22.5. The number of phenolic OH excluding ortho intramolecular Hbond substituents is 1. The van der Waals surface area contributed by atoms with Gasteiger partial charge in [0.15, 0.2) is 5.78 Å². The first-order valence-electron chi connectivity index (χ1n) is 7.83. The van der Waals surface area contributed by atoms with Crippen LogP contribution < -0.4 is 0 Å². The van der Waals surface area contributed by atoms with Crippen molar-refractivity contribution >= 4 is 29.4 Å². The van der Waals surface area contributed by atoms with Crippen molar-refractivity contribution in [1.82, 2.24) is 0 Å². The minimum Gasteiger partial charge on any atom is -0.507 e. The van der Waals surface area contributed by atoms with Crippen LogP contribution in [0.1, 0.15) is 22.8 Å². The first kappa shape index (κ1) is 17.0. The maximum absolute atomic E-state index is 11.3. The number of phenols is 1. The Morgan fingerprint density at radius 2 is 1.52 bits per heavy atom. The van der Waals surface area contributed by atoms with Crippen molar-refractivity contribution in [2.45, 2.75) is 16.7 Å². The van der Waals surface area contributed by atoms with Crippen molar-refractivity contribution < 1.29 is 9.90 Å². The molecule has 0 spiro atoms. The van der Waals surface area contributed by atoms with Crippen LogP contribution in [0.4, 0.5) is 5.69 Å². The quantitative estimate of drug-likeness (QED) is 0.490. The second-order valence-corrected chi connectivity index (χ2v) is 6.64. The van der Waals surface area contributed by atoms with Crippen molar-refractivity contribution in [3.05, 3.63) is 83.9 Å². The van der Waals surface area contributed by atoms with E-state index in [2.05, 4.69) is 4.99 Å². The number of para-hydroxylation sites is 1. The molecular weight excluding hydrogens is 330 g/mol. The normalized spacial score (nSPS) is 10.9. The molecule has 0 amide bonds. The van der Waals surface area contributed by atoms with E-state index in [1.165, 1.54) is 0 Å². The predicted octanol–water partition coefficient (Wildman–Crippen LogP) is 5.50. The fourth-order valence-corrected chi connectivity index (χ4v) is 3.05. The summed E-state index contributed by atoms with van der Waals surface area (Å²) >= 11 is 1.63. The molecule has 0 saturated carbocycles. The molecule has 3 aromatic carbocycles. The number of rotatable bonds is 5. The van der Waals surface area contributed by atoms with Gasteiger partial charge in [-0.05, 0) is 55.5 Å². The van der Waals surface area contributed by atoms with Gasteiger partial charge in [0.1, 0.15) is 5.75 Å². The second kappa shape index (κ2) is 7.81. The minimum absolute atomic E-state index is 0.0724. The zero-order valence-corrected chi connectivity index (χ0v) is 14.5. The SMILES string of the molecule is CC(=O)c1ccc(Sc2ccc(N=Cc3ccccc3O)cc2)cc1. The van der Waals surface area contributed by atoms with Gasteiger partial charge in [0.05, 0.1) is 5.69 Å². The Balaban J connectivity index is 1.68. The zero-order valence-electron chi connectivity index (χ0n) is 13.7. The van der Waals surface area contributed by atoms with Gasteiger partial charge in [-0.15, -0.1) is 0 Å². The maximum atomic E-state index is 11.3. The monoisotopic (exact) mass is 347 g/mol. The summed E-state index contributed by atoms with van der Waals surface area (Å²) in [4.78, 5) is 17.9. The summed E-state index contributed by atoms with van der Waals surface area (Å²) in [6.07, 6.45) is 1.65. The molecule has 3 aromatic rings. The lowest BCUT2D eigenvalue weighted by molar-refractivity contribution is 0.101. The number of Topliss-reactive ketones (excluding diaryl/α,β-unsaturated/α-hetero) is 1. The van der Waals surface area contributed by atoms with Crippen molar-refractivity contribution in [3.8, 4) is 5.75 Å². The highest BCUT2D eigenvalue weighted by Gasteiger charge is 2.01. The molecule has 0 saturated heterocycles. The lowest BCUT2D eigenvalue weighted by Crippen LogP contribution is -1.90. The number of ketones is 1. The highest BCUT2D eigenvalue weighted by atomic mass is 32.2. The molecule has 0 fully saturated rings. The van der Waals surface area contributed by atoms with E-state index in [1.54, 1.807) is 37.0 Å². The molecule has 0 aromatic heterocycles. The average molecular weight is 347 g/mol. The number of carbonyl (C=O) groups is 1. The van der Waals surface area contributed by atoms with E-state index < -0.39 is 0 Å². The smallest absolute Gasteiger partial charge is 0.159 e.